The van der Waals surface area contributed by atoms with Crippen LogP contribution in [-0.2, 0) is 6.54 Å². The van der Waals surface area contributed by atoms with Gasteiger partial charge in [0.1, 0.15) is 5.75 Å². The summed E-state index contributed by atoms with van der Waals surface area (Å²) >= 11 is 0. The molecule has 0 unspecified atom stereocenters. The third-order valence-electron chi connectivity index (χ3n) is 4.53. The van der Waals surface area contributed by atoms with E-state index in [1.165, 1.54) is 12.1 Å². The summed E-state index contributed by atoms with van der Waals surface area (Å²) < 4.78 is 5.47. The number of ether oxygens (including phenoxy) is 1. The lowest BCUT2D eigenvalue weighted by atomic mass is 10.1. The largest absolute Gasteiger partial charge is 0.495 e. The summed E-state index contributed by atoms with van der Waals surface area (Å²) in [5.74, 6) is 1.58. The van der Waals surface area contributed by atoms with E-state index in [9.17, 15) is 0 Å². The molecule has 1 aliphatic rings. The SMILES string of the molecule is COc1ccccc1N1CC[C@H](CNCc2cccc(C#N)c2)C1. The van der Waals surface area contributed by atoms with Gasteiger partial charge in [-0.05, 0) is 42.2 Å². The predicted octanol–water partition coefficient (Wildman–Crippen LogP) is 3.18. The van der Waals surface area contributed by atoms with Gasteiger partial charge in [-0.15, -0.1) is 0 Å². The van der Waals surface area contributed by atoms with Crippen molar-refractivity contribution in [2.75, 3.05) is 31.6 Å². The van der Waals surface area contributed by atoms with Gasteiger partial charge in [0.15, 0.2) is 0 Å². The zero-order valence-corrected chi connectivity index (χ0v) is 14.0. The first kappa shape index (κ1) is 16.4. The Hall–Kier alpha value is -2.51. The van der Waals surface area contributed by atoms with Gasteiger partial charge in [-0.1, -0.05) is 24.3 Å². The molecule has 1 heterocycles. The average Bonchev–Trinajstić information content (AvgIpc) is 3.10. The van der Waals surface area contributed by atoms with Gasteiger partial charge in [0.05, 0.1) is 24.4 Å². The van der Waals surface area contributed by atoms with Crippen LogP contribution in [0.3, 0.4) is 0 Å². The molecule has 24 heavy (non-hydrogen) atoms. The number of rotatable bonds is 6. The molecule has 2 aromatic carbocycles. The Labute approximate surface area is 143 Å². The highest BCUT2D eigenvalue weighted by atomic mass is 16.5. The molecule has 3 rings (SSSR count). The molecule has 0 saturated carbocycles. The fraction of sp³-hybridized carbons (Fsp3) is 0.350. The first-order chi connectivity index (χ1) is 11.8. The summed E-state index contributed by atoms with van der Waals surface area (Å²) in [6, 6.07) is 18.2. The van der Waals surface area contributed by atoms with E-state index in [0.29, 0.717) is 5.92 Å². The summed E-state index contributed by atoms with van der Waals surface area (Å²) in [4.78, 5) is 2.40. The number of nitriles is 1. The standard InChI is InChI=1S/C20H23N3O/c1-24-20-8-3-2-7-19(20)23-10-9-18(15-23)14-22-13-17-6-4-5-16(11-17)12-21/h2-8,11,18,22H,9-10,13-15H2,1H3/t18-/m1/s1. The Kier molecular flexibility index (Phi) is 5.35. The van der Waals surface area contributed by atoms with Gasteiger partial charge in [-0.3, -0.25) is 0 Å². The van der Waals surface area contributed by atoms with Crippen LogP contribution in [0.5, 0.6) is 5.75 Å². The highest BCUT2D eigenvalue weighted by molar-refractivity contribution is 5.59. The Balaban J connectivity index is 1.50. The van der Waals surface area contributed by atoms with Crippen molar-refractivity contribution in [3.8, 4) is 11.8 Å². The molecule has 1 fully saturated rings. The molecule has 1 atom stereocenters. The molecule has 0 aliphatic carbocycles. The van der Waals surface area contributed by atoms with Crippen LogP contribution in [0.2, 0.25) is 0 Å². The highest BCUT2D eigenvalue weighted by Crippen LogP contribution is 2.31. The van der Waals surface area contributed by atoms with Crippen molar-refractivity contribution in [1.82, 2.24) is 5.32 Å². The number of nitrogens with zero attached hydrogens (tertiary/aromatic N) is 2. The number of nitrogens with one attached hydrogen (secondary N) is 1. The zero-order valence-electron chi connectivity index (χ0n) is 14.0. The van der Waals surface area contributed by atoms with Crippen LogP contribution in [0.15, 0.2) is 48.5 Å². The number of benzene rings is 2. The molecule has 1 N–H and O–H groups in total. The van der Waals surface area contributed by atoms with Crippen molar-refractivity contribution in [3.63, 3.8) is 0 Å². The molecule has 1 aliphatic heterocycles. The molecule has 0 radical (unpaired) electrons. The predicted molar refractivity (Wildman–Crippen MR) is 96.2 cm³/mol. The first-order valence-corrected chi connectivity index (χ1v) is 8.38. The summed E-state index contributed by atoms with van der Waals surface area (Å²) in [6.45, 7) is 3.91. The molecule has 2 aromatic rings. The molecule has 0 aromatic heterocycles. The minimum Gasteiger partial charge on any atom is -0.495 e. The summed E-state index contributed by atoms with van der Waals surface area (Å²) in [7, 11) is 1.73. The van der Waals surface area contributed by atoms with E-state index in [2.05, 4.69) is 34.5 Å². The molecule has 0 amide bonds. The van der Waals surface area contributed by atoms with E-state index in [1.807, 2.05) is 30.3 Å². The second-order valence-corrected chi connectivity index (χ2v) is 6.22. The van der Waals surface area contributed by atoms with E-state index in [0.717, 1.165) is 43.1 Å². The number of anilines is 1. The van der Waals surface area contributed by atoms with Gasteiger partial charge in [0.2, 0.25) is 0 Å². The number of para-hydroxylation sites is 2. The van der Waals surface area contributed by atoms with E-state index in [1.54, 1.807) is 7.11 Å². The fourth-order valence-corrected chi connectivity index (χ4v) is 3.28. The molecule has 0 bridgehead atoms. The van der Waals surface area contributed by atoms with Gasteiger partial charge in [0.25, 0.3) is 0 Å². The molecular weight excluding hydrogens is 298 g/mol. The molecular formula is C20H23N3O. The summed E-state index contributed by atoms with van der Waals surface area (Å²) in [6.07, 6.45) is 1.18. The molecule has 0 spiro atoms. The third-order valence-corrected chi connectivity index (χ3v) is 4.53. The van der Waals surface area contributed by atoms with E-state index >= 15 is 0 Å². The van der Waals surface area contributed by atoms with Crippen molar-refractivity contribution in [1.29, 1.82) is 5.26 Å². The van der Waals surface area contributed by atoms with Crippen LogP contribution >= 0.6 is 0 Å². The minimum atomic E-state index is 0.633. The Bertz CT molecular complexity index is 723. The first-order valence-electron chi connectivity index (χ1n) is 8.38. The van der Waals surface area contributed by atoms with Crippen LogP contribution in [0.1, 0.15) is 17.5 Å². The zero-order chi connectivity index (χ0) is 16.8. The monoisotopic (exact) mass is 321 g/mol. The van der Waals surface area contributed by atoms with Crippen LogP contribution in [0.25, 0.3) is 0 Å². The smallest absolute Gasteiger partial charge is 0.142 e. The lowest BCUT2D eigenvalue weighted by molar-refractivity contribution is 0.414. The van der Waals surface area contributed by atoms with Crippen molar-refractivity contribution >= 4 is 5.69 Å². The molecule has 4 heteroatoms. The maximum Gasteiger partial charge on any atom is 0.142 e. The quantitative estimate of drug-likeness (QED) is 0.888. The average molecular weight is 321 g/mol. The maximum absolute atomic E-state index is 8.95. The van der Waals surface area contributed by atoms with Crippen LogP contribution in [-0.4, -0.2) is 26.7 Å². The Morgan fingerprint density at radius 1 is 1.25 bits per heavy atom. The van der Waals surface area contributed by atoms with Gasteiger partial charge >= 0.3 is 0 Å². The van der Waals surface area contributed by atoms with Crippen LogP contribution in [0.4, 0.5) is 5.69 Å². The fourth-order valence-electron chi connectivity index (χ4n) is 3.28. The lowest BCUT2D eigenvalue weighted by Crippen LogP contribution is -2.26. The van der Waals surface area contributed by atoms with Crippen molar-refractivity contribution < 1.29 is 4.74 Å². The van der Waals surface area contributed by atoms with Gasteiger partial charge in [-0.25, -0.2) is 0 Å². The van der Waals surface area contributed by atoms with Crippen molar-refractivity contribution in [2.24, 2.45) is 5.92 Å². The minimum absolute atomic E-state index is 0.633. The second-order valence-electron chi connectivity index (χ2n) is 6.22. The summed E-state index contributed by atoms with van der Waals surface area (Å²) in [5.41, 5.74) is 3.07. The number of methoxy groups -OCH3 is 1. The highest BCUT2D eigenvalue weighted by Gasteiger charge is 2.24. The number of hydrogen-bond acceptors (Lipinski definition) is 4. The van der Waals surface area contributed by atoms with Crippen LogP contribution in [0, 0.1) is 17.2 Å². The third kappa shape index (κ3) is 3.87. The normalized spacial score (nSPS) is 16.8. The number of hydrogen-bond donors (Lipinski definition) is 1. The van der Waals surface area contributed by atoms with Crippen molar-refractivity contribution in [2.45, 2.75) is 13.0 Å². The second kappa shape index (κ2) is 7.85. The van der Waals surface area contributed by atoms with E-state index in [4.69, 9.17) is 10.00 Å². The molecule has 124 valence electrons. The van der Waals surface area contributed by atoms with Gasteiger partial charge < -0.3 is 15.0 Å². The molecule has 4 nitrogen and oxygen atoms in total. The topological polar surface area (TPSA) is 48.3 Å². The van der Waals surface area contributed by atoms with Gasteiger partial charge in [0, 0.05) is 26.2 Å². The van der Waals surface area contributed by atoms with E-state index in [-0.39, 0.29) is 0 Å². The van der Waals surface area contributed by atoms with E-state index < -0.39 is 0 Å². The Morgan fingerprint density at radius 3 is 2.96 bits per heavy atom. The Morgan fingerprint density at radius 2 is 2.12 bits per heavy atom. The maximum atomic E-state index is 8.95. The van der Waals surface area contributed by atoms with Crippen LogP contribution < -0.4 is 15.0 Å². The lowest BCUT2D eigenvalue weighted by Gasteiger charge is -2.21. The van der Waals surface area contributed by atoms with Crippen molar-refractivity contribution in [3.05, 3.63) is 59.7 Å². The molecule has 1 saturated heterocycles. The van der Waals surface area contributed by atoms with Gasteiger partial charge in [-0.2, -0.15) is 5.26 Å². The summed E-state index contributed by atoms with van der Waals surface area (Å²) in [5, 5.41) is 12.5.